The molecule has 0 atom stereocenters. The third-order valence-electron chi connectivity index (χ3n) is 3.55. The number of alkyl halides is 2. The molecule has 15 heteroatoms. The fraction of sp³-hybridized carbons (Fsp3) is 0.312. The quantitative estimate of drug-likeness (QED) is 0.617. The van der Waals surface area contributed by atoms with E-state index in [4.69, 9.17) is 9.47 Å². The van der Waals surface area contributed by atoms with Gasteiger partial charge in [0.25, 0.3) is 22.4 Å². The van der Waals surface area contributed by atoms with E-state index in [-0.39, 0.29) is 17.7 Å². The maximum absolute atomic E-state index is 13.0. The molecule has 0 aliphatic rings. The molecule has 0 saturated heterocycles. The molecule has 2 aromatic heterocycles. The van der Waals surface area contributed by atoms with Crippen molar-refractivity contribution in [1.82, 2.24) is 24.6 Å². The van der Waals surface area contributed by atoms with Gasteiger partial charge in [-0.25, -0.2) is 23.3 Å². The third-order valence-corrected chi connectivity index (χ3v) is 4.82. The van der Waals surface area contributed by atoms with Crippen molar-refractivity contribution in [3.05, 3.63) is 29.5 Å². The first-order valence-electron chi connectivity index (χ1n) is 8.30. The van der Waals surface area contributed by atoms with Crippen molar-refractivity contribution < 1.29 is 36.3 Å². The molecule has 2 aromatic rings. The minimum Gasteiger partial charge on any atom is -0.481 e. The number of sulfonamides is 1. The summed E-state index contributed by atoms with van der Waals surface area (Å²) in [7, 11) is 0.391. The summed E-state index contributed by atoms with van der Waals surface area (Å²) in [5, 5.41) is 1.00. The number of pyridine rings is 1. The number of carbonyl (C=O) groups excluding carboxylic acids is 2. The number of hydrogen-bond donors (Lipinski definition) is 2. The Labute approximate surface area is 175 Å². The molecule has 3 amide bonds. The van der Waals surface area contributed by atoms with Crippen molar-refractivity contribution in [2.45, 2.75) is 11.5 Å². The van der Waals surface area contributed by atoms with E-state index in [9.17, 15) is 26.8 Å². The van der Waals surface area contributed by atoms with Crippen LogP contribution in [0.3, 0.4) is 0 Å². The second-order valence-corrected chi connectivity index (χ2v) is 7.52. The van der Waals surface area contributed by atoms with Gasteiger partial charge in [-0.1, -0.05) is 0 Å². The number of amides is 3. The Morgan fingerprint density at radius 2 is 1.65 bits per heavy atom. The summed E-state index contributed by atoms with van der Waals surface area (Å²) in [6, 6.07) is 1.66. The fourth-order valence-electron chi connectivity index (χ4n) is 2.15. The second kappa shape index (κ2) is 9.46. The first-order chi connectivity index (χ1) is 14.5. The van der Waals surface area contributed by atoms with Crippen LogP contribution in [0.25, 0.3) is 0 Å². The van der Waals surface area contributed by atoms with Crippen molar-refractivity contribution in [3.63, 3.8) is 0 Å². The number of rotatable bonds is 7. The predicted octanol–water partition coefficient (Wildman–Crippen LogP) is 1.04. The molecule has 0 radical (unpaired) electrons. The van der Waals surface area contributed by atoms with Crippen molar-refractivity contribution in [1.29, 1.82) is 0 Å². The monoisotopic (exact) mass is 460 g/mol. The van der Waals surface area contributed by atoms with E-state index in [1.807, 2.05) is 5.32 Å². The molecule has 0 bridgehead atoms. The van der Waals surface area contributed by atoms with E-state index in [1.54, 1.807) is 4.72 Å². The standard InChI is InChI=1S/C16H18F2N6O6S/c1-24(2)14(25)8-5-6-9(12(17)18)19-13(8)31(27,28)23-16(26)22-15-20-10(29-3)7-11(21-15)30-4/h5-7,12H,1-4H3,(H2,20,21,22,23,26). The highest BCUT2D eigenvalue weighted by Crippen LogP contribution is 2.22. The first kappa shape index (κ1) is 23.7. The normalized spacial score (nSPS) is 11.1. The van der Waals surface area contributed by atoms with Gasteiger partial charge in [-0.2, -0.15) is 18.4 Å². The molecule has 0 fully saturated rings. The third kappa shape index (κ3) is 5.71. The summed E-state index contributed by atoms with van der Waals surface area (Å²) in [5.41, 5.74) is -1.40. The van der Waals surface area contributed by atoms with Gasteiger partial charge >= 0.3 is 6.03 Å². The van der Waals surface area contributed by atoms with Crippen LogP contribution >= 0.6 is 0 Å². The molecule has 31 heavy (non-hydrogen) atoms. The Kier molecular flexibility index (Phi) is 7.22. The number of ether oxygens (including phenoxy) is 2. The van der Waals surface area contributed by atoms with Crippen LogP contribution in [-0.2, 0) is 10.0 Å². The van der Waals surface area contributed by atoms with Gasteiger partial charge in [-0.05, 0) is 12.1 Å². The Hall–Kier alpha value is -3.62. The van der Waals surface area contributed by atoms with Crippen molar-refractivity contribution >= 4 is 27.9 Å². The van der Waals surface area contributed by atoms with Crippen molar-refractivity contribution in [3.8, 4) is 11.8 Å². The summed E-state index contributed by atoms with van der Waals surface area (Å²) in [4.78, 5) is 36.4. The number of methoxy groups -OCH3 is 2. The van der Waals surface area contributed by atoms with E-state index in [1.165, 1.54) is 34.4 Å². The fourth-order valence-corrected chi connectivity index (χ4v) is 3.21. The molecular formula is C16H18F2N6O6S. The second-order valence-electron chi connectivity index (χ2n) is 5.93. The minimum atomic E-state index is -4.85. The van der Waals surface area contributed by atoms with Gasteiger partial charge in [0.2, 0.25) is 17.7 Å². The highest BCUT2D eigenvalue weighted by Gasteiger charge is 2.29. The summed E-state index contributed by atoms with van der Waals surface area (Å²) in [6.45, 7) is 0. The molecule has 168 valence electrons. The molecule has 2 rings (SSSR count). The van der Waals surface area contributed by atoms with Crippen molar-refractivity contribution in [2.75, 3.05) is 33.6 Å². The van der Waals surface area contributed by atoms with Crippen LogP contribution < -0.4 is 19.5 Å². The zero-order valence-corrected chi connectivity index (χ0v) is 17.5. The van der Waals surface area contributed by atoms with E-state index < -0.39 is 44.7 Å². The number of urea groups is 1. The Morgan fingerprint density at radius 3 is 2.13 bits per heavy atom. The molecule has 12 nitrogen and oxygen atoms in total. The summed E-state index contributed by atoms with van der Waals surface area (Å²) >= 11 is 0. The molecule has 0 saturated carbocycles. The lowest BCUT2D eigenvalue weighted by Crippen LogP contribution is -2.37. The van der Waals surface area contributed by atoms with Crippen LogP contribution in [0.2, 0.25) is 0 Å². The summed E-state index contributed by atoms with van der Waals surface area (Å²) in [5.74, 6) is -1.18. The maximum Gasteiger partial charge on any atom is 0.335 e. The van der Waals surface area contributed by atoms with Gasteiger partial charge in [-0.15, -0.1) is 0 Å². The molecule has 0 unspecified atom stereocenters. The van der Waals surface area contributed by atoms with E-state index >= 15 is 0 Å². The molecule has 0 spiro atoms. The van der Waals surface area contributed by atoms with Crippen molar-refractivity contribution in [2.24, 2.45) is 0 Å². The maximum atomic E-state index is 13.0. The zero-order chi connectivity index (χ0) is 23.3. The summed E-state index contributed by atoms with van der Waals surface area (Å²) in [6.07, 6.45) is -3.11. The summed E-state index contributed by atoms with van der Waals surface area (Å²) < 4.78 is 62.8. The van der Waals surface area contributed by atoms with Crippen LogP contribution in [-0.4, -0.2) is 68.5 Å². The van der Waals surface area contributed by atoms with Gasteiger partial charge in [0, 0.05) is 14.1 Å². The number of hydrogen-bond acceptors (Lipinski definition) is 9. The predicted molar refractivity (Wildman–Crippen MR) is 102 cm³/mol. The number of carbonyl (C=O) groups is 2. The van der Waals surface area contributed by atoms with Crippen LogP contribution in [0.5, 0.6) is 11.8 Å². The van der Waals surface area contributed by atoms with Crippen LogP contribution in [0.15, 0.2) is 23.2 Å². The lowest BCUT2D eigenvalue weighted by atomic mass is 10.2. The number of anilines is 1. The average Bonchev–Trinajstić information content (AvgIpc) is 2.71. The Bertz CT molecular complexity index is 1070. The molecule has 2 heterocycles. The van der Waals surface area contributed by atoms with Gasteiger partial charge in [0.15, 0.2) is 5.03 Å². The van der Waals surface area contributed by atoms with Gasteiger partial charge in [0.1, 0.15) is 5.69 Å². The van der Waals surface area contributed by atoms with Crippen LogP contribution in [0.4, 0.5) is 19.5 Å². The SMILES string of the molecule is COc1cc(OC)nc(NC(=O)NS(=O)(=O)c2nc(C(F)F)ccc2C(=O)N(C)C)n1. The first-order valence-corrected chi connectivity index (χ1v) is 9.78. The Balaban J connectivity index is 2.38. The molecule has 0 aliphatic carbocycles. The van der Waals surface area contributed by atoms with Gasteiger partial charge in [-0.3, -0.25) is 10.1 Å². The van der Waals surface area contributed by atoms with Crippen LogP contribution in [0, 0.1) is 0 Å². The highest BCUT2D eigenvalue weighted by molar-refractivity contribution is 7.90. The highest BCUT2D eigenvalue weighted by atomic mass is 32.2. The molecule has 2 N–H and O–H groups in total. The molecule has 0 aliphatic heterocycles. The minimum absolute atomic E-state index is 0.00942. The zero-order valence-electron chi connectivity index (χ0n) is 16.7. The van der Waals surface area contributed by atoms with Gasteiger partial charge < -0.3 is 14.4 Å². The topological polar surface area (TPSA) is 153 Å². The largest absolute Gasteiger partial charge is 0.481 e. The van der Waals surface area contributed by atoms with E-state index in [0.29, 0.717) is 0 Å². The number of halogens is 2. The van der Waals surface area contributed by atoms with Gasteiger partial charge in [0.05, 0.1) is 25.8 Å². The smallest absolute Gasteiger partial charge is 0.335 e. The molecule has 0 aromatic carbocycles. The van der Waals surface area contributed by atoms with E-state index in [2.05, 4.69) is 15.0 Å². The Morgan fingerprint density at radius 1 is 1.06 bits per heavy atom. The average molecular weight is 460 g/mol. The lowest BCUT2D eigenvalue weighted by Gasteiger charge is -2.15. The lowest BCUT2D eigenvalue weighted by molar-refractivity contribution is 0.0821. The number of nitrogens with one attached hydrogen (secondary N) is 2. The van der Waals surface area contributed by atoms with E-state index in [0.717, 1.165) is 17.0 Å². The number of aromatic nitrogens is 3. The molecular weight excluding hydrogens is 442 g/mol. The van der Waals surface area contributed by atoms with Crippen LogP contribution in [0.1, 0.15) is 22.5 Å². The number of nitrogens with zero attached hydrogens (tertiary/aromatic N) is 4.